The summed E-state index contributed by atoms with van der Waals surface area (Å²) < 4.78 is 5.19. The molecule has 0 unspecified atom stereocenters. The van der Waals surface area contributed by atoms with Crippen LogP contribution in [0.15, 0.2) is 66.4 Å². The van der Waals surface area contributed by atoms with E-state index in [9.17, 15) is 19.5 Å². The van der Waals surface area contributed by atoms with Crippen molar-refractivity contribution < 1.29 is 24.2 Å². The summed E-state index contributed by atoms with van der Waals surface area (Å²) in [5.74, 6) is -2.23. The number of para-hydroxylation sites is 1. The Labute approximate surface area is 162 Å². The van der Waals surface area contributed by atoms with E-state index in [4.69, 9.17) is 4.74 Å². The molecule has 0 saturated carbocycles. The van der Waals surface area contributed by atoms with Crippen LogP contribution in [0.3, 0.4) is 0 Å². The van der Waals surface area contributed by atoms with Crippen LogP contribution in [0.4, 0.5) is 11.4 Å². The van der Waals surface area contributed by atoms with Crippen molar-refractivity contribution >= 4 is 29.2 Å². The van der Waals surface area contributed by atoms with E-state index >= 15 is 0 Å². The monoisotopic (exact) mass is 379 g/mol. The second-order valence-electron chi connectivity index (χ2n) is 6.39. The molecule has 7 heteroatoms. The van der Waals surface area contributed by atoms with Gasteiger partial charge in [0.05, 0.1) is 12.6 Å². The lowest BCUT2D eigenvalue weighted by atomic mass is 10.0. The number of hydrogen-bond acceptors (Lipinski definition) is 6. The molecule has 1 heterocycles. The number of rotatable bonds is 6. The van der Waals surface area contributed by atoms with Crippen LogP contribution in [0.5, 0.6) is 0 Å². The highest BCUT2D eigenvalue weighted by Crippen LogP contribution is 2.35. The predicted octanol–water partition coefficient (Wildman–Crippen LogP) is 1.71. The van der Waals surface area contributed by atoms with Gasteiger partial charge >= 0.3 is 5.97 Å². The third-order valence-corrected chi connectivity index (χ3v) is 4.43. The van der Waals surface area contributed by atoms with Crippen molar-refractivity contribution in [3.05, 3.63) is 71.9 Å². The molecule has 7 nitrogen and oxygen atoms in total. The van der Waals surface area contributed by atoms with Crippen LogP contribution in [0.25, 0.3) is 0 Å². The van der Waals surface area contributed by atoms with E-state index < -0.39 is 23.4 Å². The van der Waals surface area contributed by atoms with Gasteiger partial charge in [0.25, 0.3) is 5.91 Å². The molecule has 0 bridgehead atoms. The van der Waals surface area contributed by atoms with Gasteiger partial charge in [-0.05, 0) is 49.8 Å². The number of benzene rings is 2. The van der Waals surface area contributed by atoms with Gasteiger partial charge in [0.2, 0.25) is 0 Å². The molecule has 0 aliphatic carbocycles. The van der Waals surface area contributed by atoms with Gasteiger partial charge in [-0.3, -0.25) is 9.69 Å². The number of aromatic carboxylic acids is 1. The highest BCUT2D eigenvalue weighted by Gasteiger charge is 2.49. The average Bonchev–Trinajstić information content (AvgIpc) is 2.94. The zero-order chi connectivity index (χ0) is 20.3. The maximum atomic E-state index is 13.1. The number of carbonyl (C=O) groups is 3. The van der Waals surface area contributed by atoms with Crippen LogP contribution in [-0.2, 0) is 14.3 Å². The van der Waals surface area contributed by atoms with Gasteiger partial charge in [0.1, 0.15) is 5.70 Å². The number of nitrogens with one attached hydrogen (secondary N) is 1. The minimum absolute atomic E-state index is 0.0274. The first-order valence-corrected chi connectivity index (χ1v) is 8.75. The fraction of sp³-hybridized carbons (Fsp3) is 0.190. The summed E-state index contributed by atoms with van der Waals surface area (Å²) in [5, 5.41) is 13.8. The van der Waals surface area contributed by atoms with Crippen molar-refractivity contribution in [2.45, 2.75) is 19.4 Å². The third-order valence-electron chi connectivity index (χ3n) is 4.43. The lowest BCUT2D eigenvalue weighted by Crippen LogP contribution is -2.51. The Hall–Kier alpha value is -3.61. The number of nitrogens with zero attached hydrogens (tertiary/aromatic N) is 1. The van der Waals surface area contributed by atoms with E-state index in [1.165, 1.54) is 35.2 Å². The van der Waals surface area contributed by atoms with Crippen molar-refractivity contribution in [1.82, 2.24) is 0 Å². The molecule has 1 aliphatic heterocycles. The molecule has 2 aromatic rings. The van der Waals surface area contributed by atoms with Crippen molar-refractivity contribution in [1.29, 1.82) is 0 Å². The molecule has 0 spiro atoms. The highest BCUT2D eigenvalue weighted by molar-refractivity contribution is 6.16. The molecule has 0 fully saturated rings. The van der Waals surface area contributed by atoms with Gasteiger partial charge in [0.15, 0.2) is 5.54 Å². The first kappa shape index (κ1) is 19.2. The second kappa shape index (κ2) is 7.56. The molecule has 1 aliphatic rings. The fourth-order valence-electron chi connectivity index (χ4n) is 3.06. The normalized spacial score (nSPS) is 18.6. The summed E-state index contributed by atoms with van der Waals surface area (Å²) in [6.45, 7) is 3.50. The average molecular weight is 379 g/mol. The number of carboxylic acid groups (broad SMARTS) is 1. The summed E-state index contributed by atoms with van der Waals surface area (Å²) in [7, 11) is 0. The number of carboxylic acids is 1. The quantitative estimate of drug-likeness (QED) is 0.768. The van der Waals surface area contributed by atoms with Crippen molar-refractivity contribution in [3.63, 3.8) is 0 Å². The van der Waals surface area contributed by atoms with Crippen LogP contribution < -0.4 is 15.3 Å². The van der Waals surface area contributed by atoms with Crippen molar-refractivity contribution in [3.8, 4) is 0 Å². The van der Waals surface area contributed by atoms with Crippen LogP contribution >= 0.6 is 0 Å². The molecule has 3 rings (SSSR count). The van der Waals surface area contributed by atoms with E-state index in [1.807, 2.05) is 6.07 Å². The van der Waals surface area contributed by atoms with Gasteiger partial charge in [0, 0.05) is 11.4 Å². The van der Waals surface area contributed by atoms with Gasteiger partial charge in [-0.25, -0.2) is 4.79 Å². The Morgan fingerprint density at radius 3 is 2.32 bits per heavy atom. The SMILES string of the molecule is CCOC(=O)[C@]1(C)C=C(Nc2ccc(C(=O)[O-])cc2)C(=O)N1c1ccccc1. The van der Waals surface area contributed by atoms with E-state index in [-0.39, 0.29) is 17.9 Å². The first-order chi connectivity index (χ1) is 13.4. The summed E-state index contributed by atoms with van der Waals surface area (Å²) in [4.78, 5) is 38.0. The maximum absolute atomic E-state index is 13.1. The van der Waals surface area contributed by atoms with Gasteiger partial charge in [-0.2, -0.15) is 0 Å². The van der Waals surface area contributed by atoms with Gasteiger partial charge in [-0.1, -0.05) is 30.3 Å². The standard InChI is InChI=1S/C21H20N2O5/c1-3-28-20(27)21(2)13-17(18(24)23(21)16-7-5-4-6-8-16)22-15-11-9-14(10-12-15)19(25)26/h4-13,22H,3H2,1-2H3,(H,25,26)/p-1/t21-/m0/s1. The van der Waals surface area contributed by atoms with E-state index in [1.54, 1.807) is 38.1 Å². The van der Waals surface area contributed by atoms with Crippen molar-refractivity contribution in [2.75, 3.05) is 16.8 Å². The molecule has 1 N–H and O–H groups in total. The molecule has 1 atom stereocenters. The zero-order valence-electron chi connectivity index (χ0n) is 15.5. The summed E-state index contributed by atoms with van der Waals surface area (Å²) in [6.07, 6.45) is 1.52. The number of amides is 1. The molecule has 1 amide bonds. The topological polar surface area (TPSA) is 98.8 Å². The van der Waals surface area contributed by atoms with Crippen LogP contribution in [-0.4, -0.2) is 30.0 Å². The molecular weight excluding hydrogens is 360 g/mol. The Morgan fingerprint density at radius 2 is 1.75 bits per heavy atom. The lowest BCUT2D eigenvalue weighted by Gasteiger charge is -2.32. The number of esters is 1. The number of anilines is 2. The minimum atomic E-state index is -1.32. The number of ether oxygens (including phenoxy) is 1. The van der Waals surface area contributed by atoms with Gasteiger partial charge < -0.3 is 20.0 Å². The summed E-state index contributed by atoms with van der Waals surface area (Å²) in [6, 6.07) is 14.6. The Morgan fingerprint density at radius 1 is 1.11 bits per heavy atom. The number of carbonyl (C=O) groups excluding carboxylic acids is 3. The highest BCUT2D eigenvalue weighted by atomic mass is 16.5. The largest absolute Gasteiger partial charge is 0.545 e. The van der Waals surface area contributed by atoms with E-state index in [2.05, 4.69) is 5.32 Å². The fourth-order valence-corrected chi connectivity index (χ4v) is 3.06. The minimum Gasteiger partial charge on any atom is -0.545 e. The Balaban J connectivity index is 1.96. The molecule has 0 radical (unpaired) electrons. The smallest absolute Gasteiger partial charge is 0.336 e. The van der Waals surface area contributed by atoms with Crippen LogP contribution in [0, 0.1) is 0 Å². The van der Waals surface area contributed by atoms with Gasteiger partial charge in [-0.15, -0.1) is 0 Å². The number of hydrogen-bond donors (Lipinski definition) is 1. The summed E-state index contributed by atoms with van der Waals surface area (Å²) in [5.41, 5.74) is -0.0314. The molecular formula is C21H19N2O5-. The second-order valence-corrected chi connectivity index (χ2v) is 6.39. The molecule has 0 aromatic heterocycles. The Kier molecular flexibility index (Phi) is 5.17. The third kappa shape index (κ3) is 3.46. The lowest BCUT2D eigenvalue weighted by molar-refractivity contribution is -0.255. The Bertz CT molecular complexity index is 937. The summed E-state index contributed by atoms with van der Waals surface area (Å²) >= 11 is 0. The van der Waals surface area contributed by atoms with E-state index in [0.717, 1.165) is 0 Å². The predicted molar refractivity (Wildman–Crippen MR) is 101 cm³/mol. The zero-order valence-corrected chi connectivity index (χ0v) is 15.5. The van der Waals surface area contributed by atoms with Crippen LogP contribution in [0.2, 0.25) is 0 Å². The van der Waals surface area contributed by atoms with Crippen LogP contribution in [0.1, 0.15) is 24.2 Å². The van der Waals surface area contributed by atoms with Crippen molar-refractivity contribution in [2.24, 2.45) is 0 Å². The maximum Gasteiger partial charge on any atom is 0.336 e. The molecule has 2 aromatic carbocycles. The van der Waals surface area contributed by atoms with E-state index in [0.29, 0.717) is 11.4 Å². The molecule has 0 saturated heterocycles. The molecule has 28 heavy (non-hydrogen) atoms. The molecule has 144 valence electrons. The first-order valence-electron chi connectivity index (χ1n) is 8.75.